The largest absolute Gasteiger partial charge is 0.326 e. The predicted molar refractivity (Wildman–Crippen MR) is 80.9 cm³/mol. The second-order valence-electron chi connectivity index (χ2n) is 5.08. The Morgan fingerprint density at radius 3 is 2.70 bits per heavy atom. The first-order chi connectivity index (χ1) is 9.63. The summed E-state index contributed by atoms with van der Waals surface area (Å²) in [6, 6.07) is 5.37. The van der Waals surface area contributed by atoms with Gasteiger partial charge in [0.15, 0.2) is 0 Å². The van der Waals surface area contributed by atoms with Crippen LogP contribution in [0, 0.1) is 5.92 Å². The van der Waals surface area contributed by atoms with Crippen molar-refractivity contribution in [2.24, 2.45) is 5.92 Å². The Morgan fingerprint density at radius 2 is 2.00 bits per heavy atom. The SMILES string of the molecule is CCCCC(CC)C(=O)Nc1ccc2[nH]c(=O)[nH]c2c1. The molecule has 0 spiro atoms. The Kier molecular flexibility index (Phi) is 4.61. The van der Waals surface area contributed by atoms with Crippen LogP contribution in [0.15, 0.2) is 23.0 Å². The van der Waals surface area contributed by atoms with Crippen LogP contribution in [0.2, 0.25) is 0 Å². The Labute approximate surface area is 117 Å². The van der Waals surface area contributed by atoms with E-state index in [0.717, 1.165) is 31.2 Å². The fraction of sp³-hybridized carbons (Fsp3) is 0.467. The van der Waals surface area contributed by atoms with E-state index in [4.69, 9.17) is 0 Å². The summed E-state index contributed by atoms with van der Waals surface area (Å²) in [6.07, 6.45) is 3.92. The molecule has 0 fully saturated rings. The van der Waals surface area contributed by atoms with Crippen LogP contribution in [0.25, 0.3) is 11.0 Å². The summed E-state index contributed by atoms with van der Waals surface area (Å²) in [7, 11) is 0. The zero-order valence-corrected chi connectivity index (χ0v) is 12.0. The van der Waals surface area contributed by atoms with Crippen LogP contribution in [-0.2, 0) is 4.79 Å². The van der Waals surface area contributed by atoms with E-state index in [-0.39, 0.29) is 17.5 Å². The number of anilines is 1. The minimum absolute atomic E-state index is 0.0518. The van der Waals surface area contributed by atoms with Crippen LogP contribution in [0.5, 0.6) is 0 Å². The molecule has 0 aliphatic rings. The number of aromatic nitrogens is 2. The van der Waals surface area contributed by atoms with E-state index in [1.165, 1.54) is 0 Å². The Hall–Kier alpha value is -2.04. The van der Waals surface area contributed by atoms with Gasteiger partial charge >= 0.3 is 5.69 Å². The monoisotopic (exact) mass is 275 g/mol. The lowest BCUT2D eigenvalue weighted by Crippen LogP contribution is -2.22. The number of H-pyrrole nitrogens is 2. The third-order valence-corrected chi connectivity index (χ3v) is 3.55. The highest BCUT2D eigenvalue weighted by molar-refractivity contribution is 5.94. The smallest absolute Gasteiger partial charge is 0.323 e. The normalized spacial score (nSPS) is 12.5. The lowest BCUT2D eigenvalue weighted by molar-refractivity contribution is -0.120. The van der Waals surface area contributed by atoms with Crippen LogP contribution in [0.3, 0.4) is 0 Å². The van der Waals surface area contributed by atoms with E-state index in [0.29, 0.717) is 11.2 Å². The number of fused-ring (bicyclic) bond motifs is 1. The molecule has 1 heterocycles. The van der Waals surface area contributed by atoms with Gasteiger partial charge in [0.2, 0.25) is 5.91 Å². The Balaban J connectivity index is 2.09. The molecule has 1 aromatic carbocycles. The van der Waals surface area contributed by atoms with Crippen molar-refractivity contribution in [1.82, 2.24) is 9.97 Å². The molecule has 0 saturated carbocycles. The van der Waals surface area contributed by atoms with Crippen molar-refractivity contribution in [2.75, 3.05) is 5.32 Å². The maximum Gasteiger partial charge on any atom is 0.323 e. The third-order valence-electron chi connectivity index (χ3n) is 3.55. The van der Waals surface area contributed by atoms with E-state index in [1.807, 2.05) is 6.92 Å². The van der Waals surface area contributed by atoms with Gasteiger partial charge in [0.1, 0.15) is 0 Å². The van der Waals surface area contributed by atoms with Crippen LogP contribution in [0.4, 0.5) is 5.69 Å². The van der Waals surface area contributed by atoms with Gasteiger partial charge in [-0.15, -0.1) is 0 Å². The standard InChI is InChI=1S/C15H21N3O2/c1-3-5-6-10(4-2)14(19)16-11-7-8-12-13(9-11)18-15(20)17-12/h7-10H,3-6H2,1-2H3,(H,16,19)(H2,17,18,20). The van der Waals surface area contributed by atoms with E-state index < -0.39 is 0 Å². The first-order valence-electron chi connectivity index (χ1n) is 7.17. The zero-order chi connectivity index (χ0) is 14.5. The van der Waals surface area contributed by atoms with E-state index in [2.05, 4.69) is 22.2 Å². The maximum absolute atomic E-state index is 12.2. The summed E-state index contributed by atoms with van der Waals surface area (Å²) in [5, 5.41) is 2.93. The summed E-state index contributed by atoms with van der Waals surface area (Å²) >= 11 is 0. The van der Waals surface area contributed by atoms with Crippen molar-refractivity contribution in [3.05, 3.63) is 28.7 Å². The van der Waals surface area contributed by atoms with Crippen LogP contribution < -0.4 is 11.0 Å². The fourth-order valence-corrected chi connectivity index (χ4v) is 2.33. The van der Waals surface area contributed by atoms with Gasteiger partial charge in [-0.05, 0) is 31.0 Å². The van der Waals surface area contributed by atoms with Gasteiger partial charge in [-0.2, -0.15) is 0 Å². The second-order valence-corrected chi connectivity index (χ2v) is 5.08. The molecule has 1 unspecified atom stereocenters. The molecule has 1 amide bonds. The minimum Gasteiger partial charge on any atom is -0.326 e. The zero-order valence-electron chi connectivity index (χ0n) is 12.0. The lowest BCUT2D eigenvalue weighted by atomic mass is 9.98. The van der Waals surface area contributed by atoms with Gasteiger partial charge in [0.25, 0.3) is 0 Å². The molecular formula is C15H21N3O2. The molecule has 5 heteroatoms. The quantitative estimate of drug-likeness (QED) is 0.757. The number of hydrogen-bond acceptors (Lipinski definition) is 2. The summed E-state index contributed by atoms with van der Waals surface area (Å²) in [4.78, 5) is 28.8. The fourth-order valence-electron chi connectivity index (χ4n) is 2.33. The highest BCUT2D eigenvalue weighted by atomic mass is 16.2. The highest BCUT2D eigenvalue weighted by Crippen LogP contribution is 2.18. The summed E-state index contributed by atoms with van der Waals surface area (Å²) in [5.41, 5.74) is 1.92. The Morgan fingerprint density at radius 1 is 1.25 bits per heavy atom. The van der Waals surface area contributed by atoms with E-state index >= 15 is 0 Å². The summed E-state index contributed by atoms with van der Waals surface area (Å²) in [6.45, 7) is 4.16. The molecule has 0 bridgehead atoms. The predicted octanol–water partition coefficient (Wildman–Crippen LogP) is 3.01. The van der Waals surface area contributed by atoms with Gasteiger partial charge < -0.3 is 15.3 Å². The average Bonchev–Trinajstić information content (AvgIpc) is 2.79. The molecule has 1 atom stereocenters. The molecule has 0 aliphatic carbocycles. The minimum atomic E-state index is -0.238. The number of rotatable bonds is 6. The van der Waals surface area contributed by atoms with Crippen LogP contribution >= 0.6 is 0 Å². The van der Waals surface area contributed by atoms with Crippen LogP contribution in [-0.4, -0.2) is 15.9 Å². The summed E-state index contributed by atoms with van der Waals surface area (Å²) in [5.74, 6) is 0.106. The van der Waals surface area contributed by atoms with Gasteiger partial charge in [-0.3, -0.25) is 4.79 Å². The third kappa shape index (κ3) is 3.29. The molecule has 5 nitrogen and oxygen atoms in total. The first-order valence-corrected chi connectivity index (χ1v) is 7.17. The number of nitrogens with one attached hydrogen (secondary N) is 3. The van der Waals surface area contributed by atoms with Crippen molar-refractivity contribution < 1.29 is 4.79 Å². The summed E-state index contributed by atoms with van der Waals surface area (Å²) < 4.78 is 0. The van der Waals surface area contributed by atoms with Crippen molar-refractivity contribution in [3.8, 4) is 0 Å². The van der Waals surface area contributed by atoms with Crippen molar-refractivity contribution in [3.63, 3.8) is 0 Å². The van der Waals surface area contributed by atoms with Crippen molar-refractivity contribution in [1.29, 1.82) is 0 Å². The highest BCUT2D eigenvalue weighted by Gasteiger charge is 2.16. The molecule has 0 aliphatic heterocycles. The van der Waals surface area contributed by atoms with Gasteiger partial charge in [0, 0.05) is 11.6 Å². The maximum atomic E-state index is 12.2. The average molecular weight is 275 g/mol. The molecule has 0 radical (unpaired) electrons. The van der Waals surface area contributed by atoms with Gasteiger partial charge in [-0.25, -0.2) is 4.79 Å². The molecule has 20 heavy (non-hydrogen) atoms. The topological polar surface area (TPSA) is 77.8 Å². The van der Waals surface area contributed by atoms with E-state index in [9.17, 15) is 9.59 Å². The van der Waals surface area contributed by atoms with Gasteiger partial charge in [-0.1, -0.05) is 26.7 Å². The van der Waals surface area contributed by atoms with Crippen molar-refractivity contribution in [2.45, 2.75) is 39.5 Å². The second kappa shape index (κ2) is 6.41. The molecular weight excluding hydrogens is 254 g/mol. The number of carbonyl (C=O) groups is 1. The number of imidazole rings is 1. The number of unbranched alkanes of at least 4 members (excludes halogenated alkanes) is 1. The van der Waals surface area contributed by atoms with Crippen LogP contribution in [0.1, 0.15) is 39.5 Å². The number of benzene rings is 1. The Bertz CT molecular complexity index is 642. The number of aromatic amines is 2. The lowest BCUT2D eigenvalue weighted by Gasteiger charge is -2.14. The van der Waals surface area contributed by atoms with E-state index in [1.54, 1.807) is 18.2 Å². The number of carbonyl (C=O) groups excluding carboxylic acids is 1. The molecule has 0 saturated heterocycles. The molecule has 2 aromatic rings. The molecule has 2 rings (SSSR count). The first kappa shape index (κ1) is 14.4. The molecule has 3 N–H and O–H groups in total. The molecule has 1 aromatic heterocycles. The van der Waals surface area contributed by atoms with Gasteiger partial charge in [0.05, 0.1) is 11.0 Å². The van der Waals surface area contributed by atoms with Crippen molar-refractivity contribution >= 4 is 22.6 Å². The number of amides is 1. The number of hydrogen-bond donors (Lipinski definition) is 3. The molecule has 108 valence electrons.